The molecule has 6 nitrogen and oxygen atoms in total. The number of unbranched alkanes of at least 4 members (excludes halogenated alkanes) is 1. The third kappa shape index (κ3) is 4.50. The van der Waals surface area contributed by atoms with Crippen molar-refractivity contribution in [3.63, 3.8) is 0 Å². The second-order valence-electron chi connectivity index (χ2n) is 6.89. The van der Waals surface area contributed by atoms with E-state index in [9.17, 15) is 9.59 Å². The highest BCUT2D eigenvalue weighted by molar-refractivity contribution is 9.10. The van der Waals surface area contributed by atoms with Crippen LogP contribution in [-0.4, -0.2) is 34.7 Å². The fraction of sp³-hybridized carbons (Fsp3) is 0.318. The van der Waals surface area contributed by atoms with Crippen molar-refractivity contribution in [3.8, 4) is 5.75 Å². The van der Waals surface area contributed by atoms with Crippen LogP contribution >= 0.6 is 15.9 Å². The van der Waals surface area contributed by atoms with Crippen LogP contribution in [0, 0.1) is 0 Å². The average molecular weight is 458 g/mol. The number of amides is 1. The molecule has 0 aliphatic heterocycles. The molecule has 0 bridgehead atoms. The van der Waals surface area contributed by atoms with E-state index in [0.717, 1.165) is 22.9 Å². The zero-order chi connectivity index (χ0) is 21.0. The standard InChI is InChI=1S/C22H24BrN3O3/c1-4-5-12-26-21(27)18-9-7-6-8-17(18)20(24-26)22(28)25(2)14-15-13-16(23)10-11-19(15)29-3/h6-11,13H,4-5,12,14H2,1-3H3. The first-order chi connectivity index (χ1) is 14.0. The summed E-state index contributed by atoms with van der Waals surface area (Å²) in [4.78, 5) is 27.6. The molecule has 0 aliphatic carbocycles. The molecule has 0 spiro atoms. The number of hydrogen-bond acceptors (Lipinski definition) is 4. The van der Waals surface area contributed by atoms with Gasteiger partial charge in [0.15, 0.2) is 5.69 Å². The lowest BCUT2D eigenvalue weighted by Gasteiger charge is -2.20. The number of benzene rings is 2. The highest BCUT2D eigenvalue weighted by atomic mass is 79.9. The van der Waals surface area contributed by atoms with Crippen molar-refractivity contribution >= 4 is 32.6 Å². The number of ether oxygens (including phenoxy) is 1. The Bertz CT molecular complexity index is 1090. The van der Waals surface area contributed by atoms with Crippen LogP contribution in [0.1, 0.15) is 35.8 Å². The number of aryl methyl sites for hydroxylation is 1. The first kappa shape index (κ1) is 21.0. The molecular weight excluding hydrogens is 434 g/mol. The molecule has 152 valence electrons. The maximum absolute atomic E-state index is 13.3. The quantitative estimate of drug-likeness (QED) is 0.532. The van der Waals surface area contributed by atoms with Gasteiger partial charge in [-0.15, -0.1) is 0 Å². The minimum Gasteiger partial charge on any atom is -0.496 e. The molecule has 29 heavy (non-hydrogen) atoms. The molecule has 3 rings (SSSR count). The lowest BCUT2D eigenvalue weighted by Crippen LogP contribution is -2.32. The van der Waals surface area contributed by atoms with Gasteiger partial charge < -0.3 is 9.64 Å². The summed E-state index contributed by atoms with van der Waals surface area (Å²) < 4.78 is 7.73. The molecule has 0 aliphatic rings. The van der Waals surface area contributed by atoms with Gasteiger partial charge in [-0.05, 0) is 30.7 Å². The van der Waals surface area contributed by atoms with Crippen LogP contribution in [0.15, 0.2) is 51.7 Å². The monoisotopic (exact) mass is 457 g/mol. The van der Waals surface area contributed by atoms with Gasteiger partial charge in [-0.25, -0.2) is 4.68 Å². The van der Waals surface area contributed by atoms with Crippen molar-refractivity contribution in [2.45, 2.75) is 32.9 Å². The zero-order valence-corrected chi connectivity index (χ0v) is 18.4. The van der Waals surface area contributed by atoms with E-state index in [-0.39, 0.29) is 17.2 Å². The van der Waals surface area contributed by atoms with Crippen LogP contribution in [0.4, 0.5) is 0 Å². The SMILES string of the molecule is CCCCn1nc(C(=O)N(C)Cc2cc(Br)ccc2OC)c2ccccc2c1=O. The molecule has 1 aromatic heterocycles. The zero-order valence-electron chi connectivity index (χ0n) is 16.8. The summed E-state index contributed by atoms with van der Waals surface area (Å²) >= 11 is 3.46. The highest BCUT2D eigenvalue weighted by Crippen LogP contribution is 2.25. The topological polar surface area (TPSA) is 64.4 Å². The second kappa shape index (κ2) is 9.22. The van der Waals surface area contributed by atoms with Crippen molar-refractivity contribution in [2.75, 3.05) is 14.2 Å². The number of nitrogens with zero attached hydrogens (tertiary/aromatic N) is 3. The van der Waals surface area contributed by atoms with E-state index >= 15 is 0 Å². The van der Waals surface area contributed by atoms with Crippen LogP contribution in [0.2, 0.25) is 0 Å². The van der Waals surface area contributed by atoms with E-state index in [0.29, 0.717) is 29.6 Å². The van der Waals surface area contributed by atoms with Gasteiger partial charge in [-0.3, -0.25) is 9.59 Å². The predicted molar refractivity (Wildman–Crippen MR) is 117 cm³/mol. The van der Waals surface area contributed by atoms with Gasteiger partial charge in [0, 0.05) is 35.6 Å². The van der Waals surface area contributed by atoms with Gasteiger partial charge in [-0.2, -0.15) is 5.10 Å². The number of hydrogen-bond donors (Lipinski definition) is 0. The Balaban J connectivity index is 2.01. The number of methoxy groups -OCH3 is 1. The minimum absolute atomic E-state index is 0.165. The van der Waals surface area contributed by atoms with Crippen LogP contribution < -0.4 is 10.3 Å². The molecule has 0 saturated heterocycles. The third-order valence-corrected chi connectivity index (χ3v) is 5.28. The molecule has 7 heteroatoms. The molecule has 1 heterocycles. The van der Waals surface area contributed by atoms with Gasteiger partial charge in [0.05, 0.1) is 12.5 Å². The summed E-state index contributed by atoms with van der Waals surface area (Å²) in [6.45, 7) is 2.90. The van der Waals surface area contributed by atoms with Crippen molar-refractivity contribution < 1.29 is 9.53 Å². The molecule has 3 aromatic rings. The summed E-state index contributed by atoms with van der Waals surface area (Å²) in [6.07, 6.45) is 1.76. The van der Waals surface area contributed by atoms with Crippen LogP contribution in [0.25, 0.3) is 10.8 Å². The Morgan fingerprint density at radius 2 is 1.93 bits per heavy atom. The van der Waals surface area contributed by atoms with E-state index in [4.69, 9.17) is 4.74 Å². The Morgan fingerprint density at radius 1 is 1.21 bits per heavy atom. The van der Waals surface area contributed by atoms with Crippen molar-refractivity contribution in [1.29, 1.82) is 0 Å². The Hall–Kier alpha value is -2.67. The van der Waals surface area contributed by atoms with E-state index < -0.39 is 0 Å². The average Bonchev–Trinajstić information content (AvgIpc) is 2.73. The fourth-order valence-electron chi connectivity index (χ4n) is 3.23. The Kier molecular flexibility index (Phi) is 6.69. The molecule has 0 N–H and O–H groups in total. The summed E-state index contributed by atoms with van der Waals surface area (Å²) in [6, 6.07) is 12.8. The number of halogens is 1. The molecular formula is C22H24BrN3O3. The highest BCUT2D eigenvalue weighted by Gasteiger charge is 2.21. The Morgan fingerprint density at radius 3 is 2.62 bits per heavy atom. The van der Waals surface area contributed by atoms with Crippen molar-refractivity contribution in [2.24, 2.45) is 0 Å². The number of fused-ring (bicyclic) bond motifs is 1. The number of carbonyl (C=O) groups excluding carboxylic acids is 1. The van der Waals surface area contributed by atoms with Gasteiger partial charge in [-0.1, -0.05) is 47.5 Å². The number of aromatic nitrogens is 2. The van der Waals surface area contributed by atoms with Crippen LogP contribution in [0.3, 0.4) is 0 Å². The molecule has 0 atom stereocenters. The maximum Gasteiger partial charge on any atom is 0.274 e. The fourth-order valence-corrected chi connectivity index (χ4v) is 3.64. The summed E-state index contributed by atoms with van der Waals surface area (Å²) in [5.74, 6) is 0.465. The van der Waals surface area contributed by atoms with Gasteiger partial charge in [0.2, 0.25) is 0 Å². The third-order valence-electron chi connectivity index (χ3n) is 4.79. The second-order valence-corrected chi connectivity index (χ2v) is 7.81. The lowest BCUT2D eigenvalue weighted by molar-refractivity contribution is 0.0777. The van der Waals surface area contributed by atoms with Gasteiger partial charge in [0.25, 0.3) is 11.5 Å². The smallest absolute Gasteiger partial charge is 0.274 e. The lowest BCUT2D eigenvalue weighted by atomic mass is 10.1. The first-order valence-electron chi connectivity index (χ1n) is 9.54. The van der Waals surface area contributed by atoms with Crippen LogP contribution in [0.5, 0.6) is 5.75 Å². The van der Waals surface area contributed by atoms with Gasteiger partial charge >= 0.3 is 0 Å². The molecule has 1 amide bonds. The van der Waals surface area contributed by atoms with Crippen molar-refractivity contribution in [3.05, 3.63) is 68.5 Å². The number of rotatable bonds is 7. The van der Waals surface area contributed by atoms with Gasteiger partial charge in [0.1, 0.15) is 5.75 Å². The van der Waals surface area contributed by atoms with E-state index in [1.807, 2.05) is 24.3 Å². The number of carbonyl (C=O) groups is 1. The molecule has 0 saturated carbocycles. The van der Waals surface area contributed by atoms with E-state index in [2.05, 4.69) is 28.0 Å². The minimum atomic E-state index is -0.242. The first-order valence-corrected chi connectivity index (χ1v) is 10.3. The Labute approximate surface area is 178 Å². The maximum atomic E-state index is 13.3. The molecule has 0 radical (unpaired) electrons. The predicted octanol–water partition coefficient (Wildman–Crippen LogP) is 4.24. The molecule has 0 unspecified atom stereocenters. The largest absolute Gasteiger partial charge is 0.496 e. The van der Waals surface area contributed by atoms with E-state index in [1.165, 1.54) is 4.68 Å². The summed E-state index contributed by atoms with van der Waals surface area (Å²) in [5.41, 5.74) is 0.996. The normalized spacial score (nSPS) is 10.9. The van der Waals surface area contributed by atoms with Crippen molar-refractivity contribution in [1.82, 2.24) is 14.7 Å². The summed E-state index contributed by atoms with van der Waals surface area (Å²) in [5, 5.41) is 5.52. The van der Waals surface area contributed by atoms with Crippen LogP contribution in [-0.2, 0) is 13.1 Å². The molecule has 0 fully saturated rings. The summed E-state index contributed by atoms with van der Waals surface area (Å²) in [7, 11) is 3.33. The van der Waals surface area contributed by atoms with E-state index in [1.54, 1.807) is 37.3 Å². The molecule has 2 aromatic carbocycles.